The van der Waals surface area contributed by atoms with Gasteiger partial charge in [-0.15, -0.1) is 11.3 Å². The maximum Gasteiger partial charge on any atom is 0.433 e. The monoisotopic (exact) mass is 462 g/mol. The first kappa shape index (κ1) is 22.2. The van der Waals surface area contributed by atoms with Crippen molar-refractivity contribution in [2.45, 2.75) is 44.7 Å². The third-order valence-corrected chi connectivity index (χ3v) is 7.04. The highest BCUT2D eigenvalue weighted by Crippen LogP contribution is 2.44. The van der Waals surface area contributed by atoms with E-state index in [1.807, 2.05) is 12.1 Å². The summed E-state index contributed by atoms with van der Waals surface area (Å²) < 4.78 is 38.6. The minimum Gasteiger partial charge on any atom is -0.481 e. The van der Waals surface area contributed by atoms with Gasteiger partial charge in [0.25, 0.3) is 0 Å². The van der Waals surface area contributed by atoms with E-state index in [4.69, 9.17) is 0 Å². The van der Waals surface area contributed by atoms with Crippen molar-refractivity contribution in [3.8, 4) is 10.4 Å². The van der Waals surface area contributed by atoms with E-state index in [0.717, 1.165) is 40.6 Å². The van der Waals surface area contributed by atoms with E-state index in [9.17, 15) is 23.1 Å². The van der Waals surface area contributed by atoms with E-state index in [2.05, 4.69) is 20.3 Å². The average Bonchev–Trinajstić information content (AvgIpc) is 3.24. The van der Waals surface area contributed by atoms with Crippen LogP contribution in [0.15, 0.2) is 42.7 Å². The molecule has 2 aromatic heterocycles. The number of carboxylic acids is 1. The number of rotatable bonds is 5. The highest BCUT2D eigenvalue weighted by atomic mass is 32.1. The number of thiazole rings is 1. The number of hydrogen-bond acceptors (Lipinski definition) is 6. The molecule has 0 amide bonds. The van der Waals surface area contributed by atoms with Crippen LogP contribution in [0.2, 0.25) is 0 Å². The van der Waals surface area contributed by atoms with E-state index in [-0.39, 0.29) is 11.9 Å². The van der Waals surface area contributed by atoms with Gasteiger partial charge in [-0.2, -0.15) is 13.2 Å². The van der Waals surface area contributed by atoms with Crippen LogP contribution in [0.3, 0.4) is 0 Å². The van der Waals surface area contributed by atoms with E-state index < -0.39 is 23.3 Å². The summed E-state index contributed by atoms with van der Waals surface area (Å²) in [4.78, 5) is 24.3. The number of nitrogens with zero attached hydrogens (tertiary/aromatic N) is 3. The molecule has 32 heavy (non-hydrogen) atoms. The maximum absolute atomic E-state index is 12.9. The third-order valence-electron chi connectivity index (χ3n) is 5.83. The van der Waals surface area contributed by atoms with Crippen molar-refractivity contribution in [2.24, 2.45) is 5.41 Å². The number of hydrogen-bond donors (Lipinski definition) is 2. The van der Waals surface area contributed by atoms with Crippen molar-refractivity contribution in [1.29, 1.82) is 0 Å². The van der Waals surface area contributed by atoms with Crippen molar-refractivity contribution in [2.75, 3.05) is 5.32 Å². The number of halogens is 3. The van der Waals surface area contributed by atoms with Crippen LogP contribution in [0, 0.1) is 5.41 Å². The van der Waals surface area contributed by atoms with E-state index >= 15 is 0 Å². The molecule has 3 aromatic rings. The summed E-state index contributed by atoms with van der Waals surface area (Å²) >= 11 is 1.56. The summed E-state index contributed by atoms with van der Waals surface area (Å²) in [6.07, 6.45) is 1.12. The van der Waals surface area contributed by atoms with Gasteiger partial charge in [-0.25, -0.2) is 15.0 Å². The van der Waals surface area contributed by atoms with Crippen LogP contribution >= 0.6 is 11.3 Å². The molecule has 4 rings (SSSR count). The predicted octanol–water partition coefficient (Wildman–Crippen LogP) is 6.11. The molecule has 0 bridgehead atoms. The zero-order valence-corrected chi connectivity index (χ0v) is 18.0. The first-order chi connectivity index (χ1) is 15.1. The Kier molecular flexibility index (Phi) is 5.89. The fourth-order valence-electron chi connectivity index (χ4n) is 3.78. The minimum absolute atomic E-state index is 0.134. The van der Waals surface area contributed by atoms with E-state index in [1.165, 1.54) is 0 Å². The zero-order chi connectivity index (χ0) is 22.9. The molecular weight excluding hydrogens is 441 g/mol. The average molecular weight is 462 g/mol. The van der Waals surface area contributed by atoms with Crippen molar-refractivity contribution in [3.63, 3.8) is 0 Å². The van der Waals surface area contributed by atoms with Gasteiger partial charge in [0.15, 0.2) is 0 Å². The smallest absolute Gasteiger partial charge is 0.433 e. The Morgan fingerprint density at radius 1 is 1.22 bits per heavy atom. The normalized spacial score (nSPS) is 21.3. The molecule has 6 nitrogen and oxygen atoms in total. The van der Waals surface area contributed by atoms with Crippen LogP contribution in [0.1, 0.15) is 49.2 Å². The summed E-state index contributed by atoms with van der Waals surface area (Å²) in [6, 6.07) is 8.05. The molecule has 0 aliphatic heterocycles. The lowest BCUT2D eigenvalue weighted by Gasteiger charge is -2.32. The van der Waals surface area contributed by atoms with Crippen molar-refractivity contribution in [3.05, 3.63) is 53.4 Å². The number of alkyl halides is 3. The van der Waals surface area contributed by atoms with Gasteiger partial charge in [0.05, 0.1) is 15.3 Å². The second-order valence-electron chi connectivity index (χ2n) is 8.17. The summed E-state index contributed by atoms with van der Waals surface area (Å²) in [6.45, 7) is 1.80. The molecule has 1 aliphatic carbocycles. The molecule has 2 heterocycles. The van der Waals surface area contributed by atoms with Crippen molar-refractivity contribution >= 4 is 28.9 Å². The van der Waals surface area contributed by atoms with Gasteiger partial charge in [-0.3, -0.25) is 4.79 Å². The number of carbonyl (C=O) groups is 1. The fraction of sp³-hybridized carbons (Fsp3) is 0.364. The molecule has 10 heteroatoms. The van der Waals surface area contributed by atoms with Crippen LogP contribution in [-0.4, -0.2) is 26.0 Å². The van der Waals surface area contributed by atoms with Gasteiger partial charge in [0.2, 0.25) is 5.95 Å². The van der Waals surface area contributed by atoms with Crippen molar-refractivity contribution in [1.82, 2.24) is 15.0 Å². The minimum atomic E-state index is -4.54. The second-order valence-corrected chi connectivity index (χ2v) is 9.23. The first-order valence-corrected chi connectivity index (χ1v) is 10.9. The van der Waals surface area contributed by atoms with Gasteiger partial charge < -0.3 is 10.4 Å². The van der Waals surface area contributed by atoms with Gasteiger partial charge in [0, 0.05) is 24.0 Å². The SMILES string of the molecule is CC1(C(=O)O)CCC(c2ncc(-c3cccc(Nc4nccc(C(F)(F)F)n4)c3)s2)CC1. The number of carboxylic acid groups (broad SMARTS) is 1. The second kappa shape index (κ2) is 8.50. The molecule has 168 valence electrons. The Bertz CT molecular complexity index is 1120. The Morgan fingerprint density at radius 2 is 1.97 bits per heavy atom. The molecule has 0 spiro atoms. The Morgan fingerprint density at radius 3 is 2.66 bits per heavy atom. The summed E-state index contributed by atoms with van der Waals surface area (Å²) in [7, 11) is 0. The van der Waals surface area contributed by atoms with Gasteiger partial charge >= 0.3 is 12.1 Å². The van der Waals surface area contributed by atoms with Crippen LogP contribution in [-0.2, 0) is 11.0 Å². The lowest BCUT2D eigenvalue weighted by Crippen LogP contribution is -2.31. The molecular formula is C22H21F3N4O2S. The standard InChI is InChI=1S/C22H21F3N4O2S/c1-21(19(30)31)8-5-13(6-9-21)18-27-12-16(32-18)14-3-2-4-15(11-14)28-20-26-10-7-17(29-20)22(23,24)25/h2-4,7,10-13H,5-6,8-9H2,1H3,(H,30,31)(H,26,28,29). The number of aliphatic carboxylic acids is 1. The van der Waals surface area contributed by atoms with E-state index in [0.29, 0.717) is 18.5 Å². The van der Waals surface area contributed by atoms with Crippen molar-refractivity contribution < 1.29 is 23.1 Å². The molecule has 1 aromatic carbocycles. The van der Waals surface area contributed by atoms with Gasteiger partial charge in [0.1, 0.15) is 5.69 Å². The number of anilines is 2. The highest BCUT2D eigenvalue weighted by molar-refractivity contribution is 7.15. The largest absolute Gasteiger partial charge is 0.481 e. The molecule has 0 radical (unpaired) electrons. The van der Waals surface area contributed by atoms with Crippen LogP contribution in [0.5, 0.6) is 0 Å². The Labute approximate surface area is 186 Å². The quantitative estimate of drug-likeness (QED) is 0.476. The van der Waals surface area contributed by atoms with Crippen LogP contribution < -0.4 is 5.32 Å². The highest BCUT2D eigenvalue weighted by Gasteiger charge is 2.38. The van der Waals surface area contributed by atoms with Crippen LogP contribution in [0.4, 0.5) is 24.8 Å². The summed E-state index contributed by atoms with van der Waals surface area (Å²) in [5, 5.41) is 13.2. The number of nitrogens with one attached hydrogen (secondary N) is 1. The van der Waals surface area contributed by atoms with Gasteiger partial charge in [-0.1, -0.05) is 12.1 Å². The Balaban J connectivity index is 1.48. The topological polar surface area (TPSA) is 88.0 Å². The number of aromatic nitrogens is 3. The summed E-state index contributed by atoms with van der Waals surface area (Å²) in [5.74, 6) is -0.642. The third kappa shape index (κ3) is 4.74. The molecule has 1 aliphatic rings. The molecule has 0 saturated heterocycles. The fourth-order valence-corrected chi connectivity index (χ4v) is 4.87. The molecule has 0 unspecified atom stereocenters. The van der Waals surface area contributed by atoms with E-state index in [1.54, 1.807) is 36.6 Å². The zero-order valence-electron chi connectivity index (χ0n) is 17.2. The lowest BCUT2D eigenvalue weighted by atomic mass is 9.72. The molecule has 0 atom stereocenters. The summed E-state index contributed by atoms with van der Waals surface area (Å²) in [5.41, 5.74) is -0.240. The molecule has 2 N–H and O–H groups in total. The van der Waals surface area contributed by atoms with Crippen LogP contribution in [0.25, 0.3) is 10.4 Å². The predicted molar refractivity (Wildman–Crippen MR) is 115 cm³/mol. The maximum atomic E-state index is 12.9. The lowest BCUT2D eigenvalue weighted by molar-refractivity contribution is -0.150. The Hall–Kier alpha value is -3.01. The number of benzene rings is 1. The first-order valence-electron chi connectivity index (χ1n) is 10.1. The molecule has 1 fully saturated rings. The van der Waals surface area contributed by atoms with Gasteiger partial charge in [-0.05, 0) is 56.4 Å². The molecule has 1 saturated carbocycles.